The SMILES string of the molecule is CC(=O)C(CC=C(C)C(=O)O)(N=Nc1ccc(O)cc1)OC1=NC=C1. The summed E-state index contributed by atoms with van der Waals surface area (Å²) in [7, 11) is 0. The van der Waals surface area contributed by atoms with E-state index in [-0.39, 0.29) is 23.6 Å². The minimum absolute atomic E-state index is 0.0557. The molecule has 8 nitrogen and oxygen atoms in total. The van der Waals surface area contributed by atoms with Crippen molar-refractivity contribution in [3.63, 3.8) is 0 Å². The van der Waals surface area contributed by atoms with E-state index in [1.807, 2.05) is 0 Å². The second-order valence-electron chi connectivity index (χ2n) is 5.34. The number of aromatic hydroxyl groups is 1. The van der Waals surface area contributed by atoms with Crippen molar-refractivity contribution in [2.24, 2.45) is 15.2 Å². The molecule has 1 aromatic rings. The second kappa shape index (κ2) is 7.52. The van der Waals surface area contributed by atoms with Gasteiger partial charge in [0.15, 0.2) is 5.78 Å². The van der Waals surface area contributed by atoms with Gasteiger partial charge >= 0.3 is 5.97 Å². The molecule has 0 fully saturated rings. The van der Waals surface area contributed by atoms with Gasteiger partial charge in [-0.3, -0.25) is 4.79 Å². The summed E-state index contributed by atoms with van der Waals surface area (Å²) in [5.41, 5.74) is -1.27. The Balaban J connectivity index is 2.34. The van der Waals surface area contributed by atoms with Crippen LogP contribution in [0, 0.1) is 0 Å². The Labute approximate surface area is 143 Å². The minimum atomic E-state index is -1.72. The lowest BCUT2D eigenvalue weighted by Gasteiger charge is -2.26. The van der Waals surface area contributed by atoms with Crippen molar-refractivity contribution >= 4 is 23.3 Å². The number of carbonyl (C=O) groups is 2. The molecule has 0 aromatic heterocycles. The van der Waals surface area contributed by atoms with Crippen LogP contribution in [0.5, 0.6) is 5.75 Å². The molecule has 1 aliphatic rings. The zero-order valence-electron chi connectivity index (χ0n) is 13.7. The van der Waals surface area contributed by atoms with Crippen molar-refractivity contribution in [1.29, 1.82) is 0 Å². The van der Waals surface area contributed by atoms with Crippen molar-refractivity contribution in [3.8, 4) is 5.75 Å². The van der Waals surface area contributed by atoms with Crippen molar-refractivity contribution in [2.75, 3.05) is 0 Å². The Morgan fingerprint density at radius 2 is 1.92 bits per heavy atom. The van der Waals surface area contributed by atoms with Crippen molar-refractivity contribution in [2.45, 2.75) is 26.0 Å². The first-order valence-electron chi connectivity index (χ1n) is 7.39. The molecule has 1 aliphatic heterocycles. The van der Waals surface area contributed by atoms with Crippen LogP contribution in [-0.2, 0) is 14.3 Å². The van der Waals surface area contributed by atoms with Gasteiger partial charge in [-0.05, 0) is 31.2 Å². The van der Waals surface area contributed by atoms with E-state index in [2.05, 4.69) is 15.2 Å². The molecule has 0 saturated heterocycles. The lowest BCUT2D eigenvalue weighted by Crippen LogP contribution is -2.40. The van der Waals surface area contributed by atoms with Gasteiger partial charge in [0.2, 0.25) is 5.90 Å². The van der Waals surface area contributed by atoms with Crippen LogP contribution >= 0.6 is 0 Å². The fraction of sp³-hybridized carbons (Fsp3) is 0.235. The van der Waals surface area contributed by atoms with Crippen LogP contribution in [0.1, 0.15) is 20.3 Å². The number of hydrogen-bond acceptors (Lipinski definition) is 7. The highest BCUT2D eigenvalue weighted by Gasteiger charge is 2.39. The molecule has 0 saturated carbocycles. The van der Waals surface area contributed by atoms with E-state index in [0.29, 0.717) is 5.69 Å². The van der Waals surface area contributed by atoms with Crippen LogP contribution in [0.15, 0.2) is 63.4 Å². The number of carboxylic acids is 1. The third-order valence-corrected chi connectivity index (χ3v) is 3.44. The Morgan fingerprint density at radius 1 is 1.28 bits per heavy atom. The van der Waals surface area contributed by atoms with E-state index < -0.39 is 17.5 Å². The summed E-state index contributed by atoms with van der Waals surface area (Å²) >= 11 is 0. The number of carbonyl (C=O) groups excluding carboxylic acids is 1. The maximum absolute atomic E-state index is 12.2. The Kier molecular flexibility index (Phi) is 5.43. The maximum atomic E-state index is 12.2. The largest absolute Gasteiger partial charge is 0.508 e. The monoisotopic (exact) mass is 343 g/mol. The molecule has 1 atom stereocenters. The van der Waals surface area contributed by atoms with Crippen molar-refractivity contribution in [1.82, 2.24) is 0 Å². The number of aliphatic carboxylic acids is 1. The Hall–Kier alpha value is -3.29. The lowest BCUT2D eigenvalue weighted by atomic mass is 10.0. The number of nitrogens with zero attached hydrogens (tertiary/aromatic N) is 3. The number of ether oxygens (including phenoxy) is 1. The maximum Gasteiger partial charge on any atom is 0.330 e. The van der Waals surface area contributed by atoms with Crippen LogP contribution in [0.3, 0.4) is 0 Å². The number of azo groups is 1. The van der Waals surface area contributed by atoms with Gasteiger partial charge in [-0.25, -0.2) is 9.79 Å². The molecule has 0 amide bonds. The molecule has 2 N–H and O–H groups in total. The highest BCUT2D eigenvalue weighted by molar-refractivity contribution is 5.96. The van der Waals surface area contributed by atoms with E-state index in [0.717, 1.165) is 0 Å². The normalized spacial score (nSPS) is 16.1. The van der Waals surface area contributed by atoms with Crippen LogP contribution in [0.25, 0.3) is 0 Å². The van der Waals surface area contributed by atoms with Gasteiger partial charge in [0.25, 0.3) is 5.72 Å². The van der Waals surface area contributed by atoms with Gasteiger partial charge in [0.05, 0.1) is 5.69 Å². The van der Waals surface area contributed by atoms with Crippen LogP contribution < -0.4 is 0 Å². The molecule has 1 heterocycles. The number of aliphatic imine (C=N–C) groups is 1. The number of benzene rings is 1. The molecular formula is C17H17N3O5. The number of hydrogen-bond donors (Lipinski definition) is 2. The number of carboxylic acid groups (broad SMARTS) is 1. The summed E-state index contributed by atoms with van der Waals surface area (Å²) in [5.74, 6) is -1.27. The average molecular weight is 343 g/mol. The van der Waals surface area contributed by atoms with Crippen molar-refractivity contribution in [3.05, 3.63) is 48.2 Å². The third-order valence-electron chi connectivity index (χ3n) is 3.44. The predicted molar refractivity (Wildman–Crippen MR) is 89.7 cm³/mol. The molecule has 130 valence electrons. The molecule has 0 radical (unpaired) electrons. The number of phenols is 1. The molecule has 0 spiro atoms. The lowest BCUT2D eigenvalue weighted by molar-refractivity contribution is -0.134. The van der Waals surface area contributed by atoms with Gasteiger partial charge in [-0.2, -0.15) is 5.11 Å². The standard InChI is InChI=1S/C17H17N3O5/c1-11(16(23)24)7-9-17(12(2)21,25-15-8-10-18-15)20-19-13-3-5-14(22)6-4-13/h3-8,10,22H,9H2,1-2H3,(H,23,24). The summed E-state index contributed by atoms with van der Waals surface area (Å²) in [6, 6.07) is 5.89. The van der Waals surface area contributed by atoms with Crippen LogP contribution in [0.2, 0.25) is 0 Å². The molecular weight excluding hydrogens is 326 g/mol. The number of Topliss-reactive ketones (excluding diaryl/α,β-unsaturated/α-hetero) is 1. The molecule has 1 aromatic carbocycles. The van der Waals surface area contributed by atoms with E-state index in [4.69, 9.17) is 9.84 Å². The summed E-state index contributed by atoms with van der Waals surface area (Å²) < 4.78 is 5.58. The molecule has 25 heavy (non-hydrogen) atoms. The average Bonchev–Trinajstić information content (AvgIpc) is 2.53. The topological polar surface area (TPSA) is 121 Å². The van der Waals surface area contributed by atoms with E-state index in [1.54, 1.807) is 6.08 Å². The Morgan fingerprint density at radius 3 is 2.40 bits per heavy atom. The molecule has 0 bridgehead atoms. The van der Waals surface area contributed by atoms with Crippen LogP contribution in [-0.4, -0.2) is 33.6 Å². The smallest absolute Gasteiger partial charge is 0.330 e. The van der Waals surface area contributed by atoms with Crippen molar-refractivity contribution < 1.29 is 24.5 Å². The molecule has 1 unspecified atom stereocenters. The number of rotatable bonds is 7. The third kappa shape index (κ3) is 4.60. The highest BCUT2D eigenvalue weighted by Crippen LogP contribution is 2.27. The first-order chi connectivity index (χ1) is 11.8. The Bertz CT molecular complexity index is 793. The zero-order valence-corrected chi connectivity index (χ0v) is 13.7. The van der Waals surface area contributed by atoms with Gasteiger partial charge in [0, 0.05) is 31.2 Å². The summed E-state index contributed by atoms with van der Waals surface area (Å²) in [6.45, 7) is 2.69. The minimum Gasteiger partial charge on any atom is -0.508 e. The van der Waals surface area contributed by atoms with E-state index in [1.165, 1.54) is 50.4 Å². The quantitative estimate of drug-likeness (QED) is 0.582. The second-order valence-corrected chi connectivity index (χ2v) is 5.34. The molecule has 8 heteroatoms. The summed E-state index contributed by atoms with van der Waals surface area (Å²) in [6.07, 6.45) is 4.29. The number of phenolic OH excluding ortho intramolecular Hbond substituents is 1. The summed E-state index contributed by atoms with van der Waals surface area (Å²) in [5, 5.41) is 26.3. The van der Waals surface area contributed by atoms with Gasteiger partial charge in [-0.1, -0.05) is 6.08 Å². The highest BCUT2D eigenvalue weighted by atomic mass is 16.5. The predicted octanol–water partition coefficient (Wildman–Crippen LogP) is 3.12. The van der Waals surface area contributed by atoms with E-state index in [9.17, 15) is 14.7 Å². The van der Waals surface area contributed by atoms with Gasteiger partial charge in [0.1, 0.15) is 5.75 Å². The first-order valence-corrected chi connectivity index (χ1v) is 7.39. The van der Waals surface area contributed by atoms with Gasteiger partial charge in [-0.15, -0.1) is 5.11 Å². The van der Waals surface area contributed by atoms with E-state index >= 15 is 0 Å². The molecule has 0 aliphatic carbocycles. The fourth-order valence-electron chi connectivity index (χ4n) is 1.79. The molecule has 2 rings (SSSR count). The van der Waals surface area contributed by atoms with Gasteiger partial charge < -0.3 is 14.9 Å². The summed E-state index contributed by atoms with van der Waals surface area (Å²) in [4.78, 5) is 27.1. The van der Waals surface area contributed by atoms with Crippen LogP contribution in [0.4, 0.5) is 5.69 Å². The zero-order chi connectivity index (χ0) is 18.4. The fourth-order valence-corrected chi connectivity index (χ4v) is 1.79. The number of ketones is 1. The first kappa shape index (κ1) is 18.1.